The van der Waals surface area contributed by atoms with Gasteiger partial charge in [0.1, 0.15) is 0 Å². The predicted octanol–water partition coefficient (Wildman–Crippen LogP) is 2.44. The van der Waals surface area contributed by atoms with Gasteiger partial charge >= 0.3 is 0 Å². The summed E-state index contributed by atoms with van der Waals surface area (Å²) in [6.07, 6.45) is 1.50. The second-order valence-corrected chi connectivity index (χ2v) is 6.67. The zero-order valence-electron chi connectivity index (χ0n) is 9.99. The van der Waals surface area contributed by atoms with E-state index in [2.05, 4.69) is 21.2 Å². The number of hydrogen-bond donors (Lipinski definition) is 2. The van der Waals surface area contributed by atoms with Gasteiger partial charge in [0, 0.05) is 16.6 Å². The van der Waals surface area contributed by atoms with Crippen LogP contribution in [0.5, 0.6) is 0 Å². The number of halogens is 1. The molecule has 1 aromatic carbocycles. The van der Waals surface area contributed by atoms with Crippen molar-refractivity contribution in [1.29, 1.82) is 0 Å². The van der Waals surface area contributed by atoms with Crippen LogP contribution < -0.4 is 5.32 Å². The molecule has 2 N–H and O–H groups in total. The van der Waals surface area contributed by atoms with Crippen molar-refractivity contribution in [3.05, 3.63) is 34.3 Å². The van der Waals surface area contributed by atoms with Crippen molar-refractivity contribution in [1.82, 2.24) is 5.32 Å². The van der Waals surface area contributed by atoms with Gasteiger partial charge in [-0.05, 0) is 48.6 Å². The first-order chi connectivity index (χ1) is 8.59. The van der Waals surface area contributed by atoms with Gasteiger partial charge in [0.2, 0.25) is 0 Å². The smallest absolute Gasteiger partial charge is 0.251 e. The highest BCUT2D eigenvalue weighted by atomic mass is 79.9. The molecule has 1 saturated heterocycles. The number of carbonyl (C=O) groups is 1. The van der Waals surface area contributed by atoms with Gasteiger partial charge in [0.15, 0.2) is 0 Å². The van der Waals surface area contributed by atoms with Gasteiger partial charge in [-0.2, -0.15) is 11.8 Å². The summed E-state index contributed by atoms with van der Waals surface area (Å²) in [5, 5.41) is 13.1. The molecule has 98 valence electrons. The van der Waals surface area contributed by atoms with Crippen molar-refractivity contribution in [2.24, 2.45) is 0 Å². The fourth-order valence-corrected chi connectivity index (χ4v) is 3.39. The van der Waals surface area contributed by atoms with Crippen molar-refractivity contribution in [2.75, 3.05) is 18.1 Å². The molecule has 3 nitrogen and oxygen atoms in total. The lowest BCUT2D eigenvalue weighted by Crippen LogP contribution is -2.45. The van der Waals surface area contributed by atoms with Gasteiger partial charge in [-0.15, -0.1) is 0 Å². The lowest BCUT2D eigenvalue weighted by atomic mass is 9.97. The van der Waals surface area contributed by atoms with Gasteiger partial charge in [-0.25, -0.2) is 0 Å². The molecule has 1 amide bonds. The van der Waals surface area contributed by atoms with Crippen molar-refractivity contribution in [3.63, 3.8) is 0 Å². The number of amides is 1. The van der Waals surface area contributed by atoms with Crippen LogP contribution in [0.2, 0.25) is 0 Å². The standard InChI is InChI=1S/C13H16BrNO2S/c14-11-3-1-10(2-4-11)12(16)15-9-13(17)5-7-18-8-6-13/h1-4,17H,5-9H2,(H,15,16). The number of nitrogens with one attached hydrogen (secondary N) is 1. The SMILES string of the molecule is O=C(NCC1(O)CCSCC1)c1ccc(Br)cc1. The molecule has 18 heavy (non-hydrogen) atoms. The molecule has 1 aromatic rings. The molecule has 0 saturated carbocycles. The normalized spacial score (nSPS) is 18.3. The summed E-state index contributed by atoms with van der Waals surface area (Å²) >= 11 is 5.18. The molecule has 0 aromatic heterocycles. The third kappa shape index (κ3) is 3.73. The minimum atomic E-state index is -0.726. The van der Waals surface area contributed by atoms with E-state index < -0.39 is 5.60 Å². The third-order valence-electron chi connectivity index (χ3n) is 3.11. The first kappa shape index (κ1) is 13.9. The second kappa shape index (κ2) is 6.08. The van der Waals surface area contributed by atoms with Gasteiger partial charge in [-0.3, -0.25) is 4.79 Å². The molecule has 5 heteroatoms. The van der Waals surface area contributed by atoms with Crippen LogP contribution in [-0.4, -0.2) is 34.7 Å². The molecule has 1 aliphatic rings. The summed E-state index contributed by atoms with van der Waals surface area (Å²) < 4.78 is 0.946. The monoisotopic (exact) mass is 329 g/mol. The highest BCUT2D eigenvalue weighted by molar-refractivity contribution is 9.10. The number of carbonyl (C=O) groups excluding carboxylic acids is 1. The Bertz CT molecular complexity index is 416. The van der Waals surface area contributed by atoms with E-state index in [1.54, 1.807) is 12.1 Å². The van der Waals surface area contributed by atoms with Crippen LogP contribution in [0.3, 0.4) is 0 Å². The summed E-state index contributed by atoms with van der Waals surface area (Å²) in [7, 11) is 0. The second-order valence-electron chi connectivity index (χ2n) is 4.53. The summed E-state index contributed by atoms with van der Waals surface area (Å²) in [6, 6.07) is 7.20. The molecule has 1 heterocycles. The van der Waals surface area contributed by atoms with Crippen LogP contribution in [0.4, 0.5) is 0 Å². The number of thioether (sulfide) groups is 1. The summed E-state index contributed by atoms with van der Waals surface area (Å²) in [6.45, 7) is 0.336. The number of rotatable bonds is 3. The Balaban J connectivity index is 1.89. The number of aliphatic hydroxyl groups is 1. The van der Waals surface area contributed by atoms with Crippen LogP contribution in [0.1, 0.15) is 23.2 Å². The Morgan fingerprint density at radius 3 is 2.56 bits per heavy atom. The Kier molecular flexibility index (Phi) is 4.70. The highest BCUT2D eigenvalue weighted by Gasteiger charge is 2.29. The van der Waals surface area contributed by atoms with Crippen LogP contribution >= 0.6 is 27.7 Å². The Labute approximate surface area is 119 Å². The number of benzene rings is 1. The van der Waals surface area contributed by atoms with E-state index in [9.17, 15) is 9.90 Å². The lowest BCUT2D eigenvalue weighted by molar-refractivity contribution is 0.0311. The van der Waals surface area contributed by atoms with Crippen molar-refractivity contribution < 1.29 is 9.90 Å². The van der Waals surface area contributed by atoms with Crippen molar-refractivity contribution >= 4 is 33.6 Å². The zero-order valence-corrected chi connectivity index (χ0v) is 12.4. The highest BCUT2D eigenvalue weighted by Crippen LogP contribution is 2.26. The van der Waals surface area contributed by atoms with Crippen LogP contribution in [0.15, 0.2) is 28.7 Å². The van der Waals surface area contributed by atoms with Crippen LogP contribution in [0, 0.1) is 0 Å². The zero-order chi connectivity index (χ0) is 13.0. The Hall–Kier alpha value is -0.520. The molecule has 0 unspecified atom stereocenters. The first-order valence-corrected chi connectivity index (χ1v) is 7.88. The van der Waals surface area contributed by atoms with E-state index in [1.165, 1.54) is 0 Å². The van der Waals surface area contributed by atoms with Gasteiger partial charge in [-0.1, -0.05) is 15.9 Å². The maximum absolute atomic E-state index is 11.9. The predicted molar refractivity (Wildman–Crippen MR) is 78.0 cm³/mol. The Morgan fingerprint density at radius 2 is 1.94 bits per heavy atom. The van der Waals surface area contributed by atoms with Gasteiger partial charge < -0.3 is 10.4 Å². The molecular formula is C13H16BrNO2S. The molecule has 0 aliphatic carbocycles. The molecule has 0 atom stereocenters. The molecular weight excluding hydrogens is 314 g/mol. The van der Waals surface area contributed by atoms with Crippen LogP contribution in [-0.2, 0) is 0 Å². The average molecular weight is 330 g/mol. The summed E-state index contributed by atoms with van der Waals surface area (Å²) in [5.74, 6) is 1.80. The van der Waals surface area contributed by atoms with Crippen molar-refractivity contribution in [2.45, 2.75) is 18.4 Å². The fraction of sp³-hybridized carbons (Fsp3) is 0.462. The fourth-order valence-electron chi connectivity index (χ4n) is 1.88. The molecule has 1 fully saturated rings. The third-order valence-corrected chi connectivity index (χ3v) is 4.62. The Morgan fingerprint density at radius 1 is 1.33 bits per heavy atom. The lowest BCUT2D eigenvalue weighted by Gasteiger charge is -2.31. The van der Waals surface area contributed by atoms with E-state index in [1.807, 2.05) is 23.9 Å². The first-order valence-electron chi connectivity index (χ1n) is 5.93. The quantitative estimate of drug-likeness (QED) is 0.895. The summed E-state index contributed by atoms with van der Waals surface area (Å²) in [4.78, 5) is 11.9. The van der Waals surface area contributed by atoms with E-state index in [0.29, 0.717) is 12.1 Å². The van der Waals surface area contributed by atoms with Gasteiger partial charge in [0.05, 0.1) is 5.60 Å². The maximum atomic E-state index is 11.9. The topological polar surface area (TPSA) is 49.3 Å². The van der Waals surface area contributed by atoms with E-state index in [0.717, 1.165) is 28.8 Å². The van der Waals surface area contributed by atoms with Crippen LogP contribution in [0.25, 0.3) is 0 Å². The number of hydrogen-bond acceptors (Lipinski definition) is 3. The molecule has 1 aliphatic heterocycles. The van der Waals surface area contributed by atoms with E-state index in [-0.39, 0.29) is 5.91 Å². The van der Waals surface area contributed by atoms with E-state index in [4.69, 9.17) is 0 Å². The van der Waals surface area contributed by atoms with E-state index >= 15 is 0 Å². The largest absolute Gasteiger partial charge is 0.388 e. The average Bonchev–Trinajstić information content (AvgIpc) is 2.38. The minimum absolute atomic E-state index is 0.130. The molecule has 0 bridgehead atoms. The molecule has 0 radical (unpaired) electrons. The van der Waals surface area contributed by atoms with Gasteiger partial charge in [0.25, 0.3) is 5.91 Å². The minimum Gasteiger partial charge on any atom is -0.388 e. The van der Waals surface area contributed by atoms with Crippen molar-refractivity contribution in [3.8, 4) is 0 Å². The molecule has 2 rings (SSSR count). The summed E-state index contributed by atoms with van der Waals surface area (Å²) in [5.41, 5.74) is -0.108. The molecule has 0 spiro atoms. The maximum Gasteiger partial charge on any atom is 0.251 e.